The third-order valence-electron chi connectivity index (χ3n) is 2.68. The zero-order chi connectivity index (χ0) is 13.1. The van der Waals surface area contributed by atoms with E-state index in [9.17, 15) is 0 Å². The maximum atomic E-state index is 6.43. The minimum absolute atomic E-state index is 0.199. The van der Waals surface area contributed by atoms with Gasteiger partial charge in [-0.25, -0.2) is 0 Å². The highest BCUT2D eigenvalue weighted by molar-refractivity contribution is 9.10. The number of alkyl halides is 1. The number of hydrogen-bond donors (Lipinski definition) is 0. The summed E-state index contributed by atoms with van der Waals surface area (Å²) in [4.78, 5) is 0. The molecule has 1 unspecified atom stereocenters. The summed E-state index contributed by atoms with van der Waals surface area (Å²) in [5.74, 6) is 0. The van der Waals surface area contributed by atoms with E-state index >= 15 is 0 Å². The number of hydrogen-bond acceptors (Lipinski definition) is 0. The smallest absolute Gasteiger partial charge is 0.0641 e. The van der Waals surface area contributed by atoms with Crippen LogP contribution in [0.2, 0.25) is 10.0 Å². The van der Waals surface area contributed by atoms with Gasteiger partial charge in [-0.05, 0) is 45.6 Å². The van der Waals surface area contributed by atoms with Crippen molar-refractivity contribution in [2.75, 3.05) is 0 Å². The summed E-state index contributed by atoms with van der Waals surface area (Å²) in [6, 6.07) is 13.4. The molecule has 0 heterocycles. The van der Waals surface area contributed by atoms with Crippen LogP contribution in [0.15, 0.2) is 46.9 Å². The minimum Gasteiger partial charge on any atom is -0.117 e. The lowest BCUT2D eigenvalue weighted by molar-refractivity contribution is 0.919. The predicted molar refractivity (Wildman–Crippen MR) is 82.9 cm³/mol. The van der Waals surface area contributed by atoms with E-state index in [1.165, 1.54) is 0 Å². The molecular weight excluding hydrogens is 354 g/mol. The summed E-state index contributed by atoms with van der Waals surface area (Å²) in [5, 5.41) is 1.19. The van der Waals surface area contributed by atoms with Crippen molar-refractivity contribution in [3.63, 3.8) is 0 Å². The lowest BCUT2D eigenvalue weighted by Gasteiger charge is -2.13. The topological polar surface area (TPSA) is 0 Å². The van der Waals surface area contributed by atoms with Crippen molar-refractivity contribution in [1.29, 1.82) is 0 Å². The Bertz CT molecular complexity index is 554. The van der Waals surface area contributed by atoms with E-state index in [4.69, 9.17) is 34.8 Å². The van der Waals surface area contributed by atoms with Gasteiger partial charge in [0.25, 0.3) is 0 Å². The molecule has 0 N–H and O–H groups in total. The Labute approximate surface area is 130 Å². The van der Waals surface area contributed by atoms with Gasteiger partial charge in [0.15, 0.2) is 0 Å². The average molecular weight is 364 g/mol. The van der Waals surface area contributed by atoms with Crippen LogP contribution in [-0.2, 0) is 6.42 Å². The van der Waals surface area contributed by atoms with E-state index in [1.54, 1.807) is 0 Å². The molecule has 94 valence electrons. The van der Waals surface area contributed by atoms with Crippen LogP contribution in [0.3, 0.4) is 0 Å². The average Bonchev–Trinajstić information content (AvgIpc) is 2.35. The van der Waals surface area contributed by atoms with Crippen LogP contribution in [0, 0.1) is 0 Å². The molecule has 0 nitrogen and oxygen atoms in total. The van der Waals surface area contributed by atoms with E-state index in [0.717, 1.165) is 20.6 Å². The molecule has 0 spiro atoms. The van der Waals surface area contributed by atoms with Gasteiger partial charge in [-0.15, -0.1) is 11.6 Å². The highest BCUT2D eigenvalue weighted by Crippen LogP contribution is 2.35. The molecule has 0 aromatic heterocycles. The first-order valence-electron chi connectivity index (χ1n) is 5.41. The van der Waals surface area contributed by atoms with E-state index < -0.39 is 0 Å². The number of benzene rings is 2. The lowest BCUT2D eigenvalue weighted by Crippen LogP contribution is -1.98. The van der Waals surface area contributed by atoms with E-state index in [0.29, 0.717) is 11.4 Å². The Kier molecular flexibility index (Phi) is 4.97. The van der Waals surface area contributed by atoms with Crippen molar-refractivity contribution < 1.29 is 0 Å². The second kappa shape index (κ2) is 6.29. The van der Waals surface area contributed by atoms with Gasteiger partial charge < -0.3 is 0 Å². The summed E-state index contributed by atoms with van der Waals surface area (Å²) in [5.41, 5.74) is 1.93. The molecular formula is C14H10BrCl3. The van der Waals surface area contributed by atoms with Crippen LogP contribution < -0.4 is 0 Å². The summed E-state index contributed by atoms with van der Waals surface area (Å²) in [6.45, 7) is 0. The van der Waals surface area contributed by atoms with Crippen LogP contribution in [0.1, 0.15) is 16.5 Å². The molecule has 18 heavy (non-hydrogen) atoms. The van der Waals surface area contributed by atoms with Crippen molar-refractivity contribution in [2.24, 2.45) is 0 Å². The van der Waals surface area contributed by atoms with E-state index in [-0.39, 0.29) is 5.38 Å². The van der Waals surface area contributed by atoms with E-state index in [2.05, 4.69) is 15.9 Å². The zero-order valence-corrected chi connectivity index (χ0v) is 13.2. The van der Waals surface area contributed by atoms with Gasteiger partial charge in [0, 0.05) is 9.50 Å². The second-order valence-corrected chi connectivity index (χ2v) is 6.07. The van der Waals surface area contributed by atoms with Crippen molar-refractivity contribution in [3.8, 4) is 0 Å². The van der Waals surface area contributed by atoms with E-state index in [1.807, 2.05) is 42.5 Å². The molecule has 2 aromatic rings. The third-order valence-corrected chi connectivity index (χ3v) is 4.74. The molecule has 0 bridgehead atoms. The van der Waals surface area contributed by atoms with Crippen LogP contribution in [0.25, 0.3) is 0 Å². The van der Waals surface area contributed by atoms with Crippen molar-refractivity contribution in [3.05, 3.63) is 68.1 Å². The molecule has 0 saturated carbocycles. The SMILES string of the molecule is Clc1ccccc1CC(Cl)c1cccc(Br)c1Cl. The summed E-state index contributed by atoms with van der Waals surface area (Å²) in [6.07, 6.45) is 0.650. The summed E-state index contributed by atoms with van der Waals surface area (Å²) in [7, 11) is 0. The molecule has 0 fully saturated rings. The first-order valence-corrected chi connectivity index (χ1v) is 7.39. The number of halogens is 4. The Morgan fingerprint density at radius 1 is 1.00 bits per heavy atom. The van der Waals surface area contributed by atoms with Gasteiger partial charge in [0.2, 0.25) is 0 Å². The summed E-state index contributed by atoms with van der Waals surface area (Å²) >= 11 is 22.2. The molecule has 4 heteroatoms. The van der Waals surface area contributed by atoms with Gasteiger partial charge in [-0.1, -0.05) is 53.5 Å². The molecule has 0 amide bonds. The van der Waals surface area contributed by atoms with Crippen molar-refractivity contribution in [2.45, 2.75) is 11.8 Å². The summed E-state index contributed by atoms with van der Waals surface area (Å²) < 4.78 is 0.853. The first-order chi connectivity index (χ1) is 8.59. The first kappa shape index (κ1) is 14.2. The Hall–Kier alpha value is -0.210. The van der Waals surface area contributed by atoms with Gasteiger partial charge >= 0.3 is 0 Å². The van der Waals surface area contributed by atoms with Gasteiger partial charge in [-0.3, -0.25) is 0 Å². The molecule has 0 aliphatic carbocycles. The monoisotopic (exact) mass is 362 g/mol. The standard InChI is InChI=1S/C14H10BrCl3/c15-11-6-3-5-10(14(11)18)13(17)8-9-4-1-2-7-12(9)16/h1-7,13H,8H2. The fraction of sp³-hybridized carbons (Fsp3) is 0.143. The Balaban J connectivity index is 2.25. The fourth-order valence-corrected chi connectivity index (χ4v) is 2.99. The van der Waals surface area contributed by atoms with Gasteiger partial charge in [0.1, 0.15) is 0 Å². The highest BCUT2D eigenvalue weighted by Gasteiger charge is 2.15. The largest absolute Gasteiger partial charge is 0.117 e. The zero-order valence-electron chi connectivity index (χ0n) is 9.34. The molecule has 1 atom stereocenters. The van der Waals surface area contributed by atoms with Crippen LogP contribution in [-0.4, -0.2) is 0 Å². The predicted octanol–water partition coefficient (Wildman–Crippen LogP) is 6.28. The van der Waals surface area contributed by atoms with Gasteiger partial charge in [-0.2, -0.15) is 0 Å². The molecule has 2 aromatic carbocycles. The second-order valence-electron chi connectivity index (χ2n) is 3.91. The van der Waals surface area contributed by atoms with Crippen LogP contribution >= 0.6 is 50.7 Å². The Morgan fingerprint density at radius 2 is 1.72 bits per heavy atom. The maximum Gasteiger partial charge on any atom is 0.0641 e. The molecule has 0 aliphatic rings. The lowest BCUT2D eigenvalue weighted by atomic mass is 10.0. The van der Waals surface area contributed by atoms with Crippen LogP contribution in [0.4, 0.5) is 0 Å². The quantitative estimate of drug-likeness (QED) is 0.562. The fourth-order valence-electron chi connectivity index (χ4n) is 1.73. The number of rotatable bonds is 3. The minimum atomic E-state index is -0.199. The van der Waals surface area contributed by atoms with Crippen molar-refractivity contribution >= 4 is 50.7 Å². The highest BCUT2D eigenvalue weighted by atomic mass is 79.9. The Morgan fingerprint density at radius 3 is 2.44 bits per heavy atom. The molecule has 0 saturated heterocycles. The molecule has 2 rings (SSSR count). The van der Waals surface area contributed by atoms with Crippen LogP contribution in [0.5, 0.6) is 0 Å². The van der Waals surface area contributed by atoms with Gasteiger partial charge in [0.05, 0.1) is 10.4 Å². The van der Waals surface area contributed by atoms with Crippen molar-refractivity contribution in [1.82, 2.24) is 0 Å². The third kappa shape index (κ3) is 3.21. The molecule has 0 aliphatic heterocycles. The maximum absolute atomic E-state index is 6.43. The normalized spacial score (nSPS) is 12.4. The molecule has 0 radical (unpaired) electrons.